The average Bonchev–Trinajstić information content (AvgIpc) is 2.59. The van der Waals surface area contributed by atoms with E-state index >= 15 is 0 Å². The van der Waals surface area contributed by atoms with Crippen LogP contribution in [0.4, 0.5) is 11.9 Å². The molecule has 1 atom stereocenters. The maximum atomic E-state index is 13.1. The van der Waals surface area contributed by atoms with E-state index < -0.39 is 7.67 Å². The van der Waals surface area contributed by atoms with Crippen LogP contribution in [0.3, 0.4) is 0 Å². The Bertz CT molecular complexity index is 805. The standard InChI is InChI=1S/C15H15N6O2P/c1-12-4-6-13(7-5-12)23-24(16,22)21(14-17-8-2-9-18-14)15-19-10-3-11-20-15/h2-11H,1H3,(H2,16,22). The normalized spacial score (nSPS) is 13.1. The quantitative estimate of drug-likeness (QED) is 0.705. The van der Waals surface area contributed by atoms with Crippen LogP contribution in [0, 0.1) is 6.92 Å². The molecule has 122 valence electrons. The van der Waals surface area contributed by atoms with E-state index in [1.54, 1.807) is 24.3 Å². The van der Waals surface area contributed by atoms with Crippen LogP contribution in [0.2, 0.25) is 0 Å². The van der Waals surface area contributed by atoms with Crippen LogP contribution in [-0.4, -0.2) is 19.9 Å². The third kappa shape index (κ3) is 3.56. The molecule has 0 aliphatic heterocycles. The lowest BCUT2D eigenvalue weighted by Gasteiger charge is -2.25. The van der Waals surface area contributed by atoms with E-state index in [0.717, 1.165) is 10.2 Å². The second kappa shape index (κ2) is 6.74. The van der Waals surface area contributed by atoms with Gasteiger partial charge < -0.3 is 4.52 Å². The fraction of sp³-hybridized carbons (Fsp3) is 0.0667. The first-order chi connectivity index (χ1) is 11.6. The Balaban J connectivity index is 2.01. The van der Waals surface area contributed by atoms with Gasteiger partial charge in [0.15, 0.2) is 0 Å². The highest BCUT2D eigenvalue weighted by atomic mass is 31.2. The van der Waals surface area contributed by atoms with Crippen molar-refractivity contribution in [2.45, 2.75) is 6.92 Å². The summed E-state index contributed by atoms with van der Waals surface area (Å²) >= 11 is 0. The fourth-order valence-electron chi connectivity index (χ4n) is 1.93. The number of hydrogen-bond acceptors (Lipinski definition) is 6. The van der Waals surface area contributed by atoms with Gasteiger partial charge in [-0.3, -0.25) is 0 Å². The highest BCUT2D eigenvalue weighted by Gasteiger charge is 2.35. The van der Waals surface area contributed by atoms with Gasteiger partial charge in [0.2, 0.25) is 11.9 Å². The maximum Gasteiger partial charge on any atom is 0.426 e. The van der Waals surface area contributed by atoms with E-state index in [2.05, 4.69) is 19.9 Å². The first-order valence-corrected chi connectivity index (χ1v) is 8.70. The van der Waals surface area contributed by atoms with Crippen LogP contribution in [0.25, 0.3) is 0 Å². The van der Waals surface area contributed by atoms with E-state index in [9.17, 15) is 4.57 Å². The molecule has 3 aromatic rings. The molecular formula is C15H15N6O2P. The van der Waals surface area contributed by atoms with Gasteiger partial charge in [-0.2, -0.15) is 4.67 Å². The van der Waals surface area contributed by atoms with Crippen molar-refractivity contribution >= 4 is 19.6 Å². The minimum absolute atomic E-state index is 0.0849. The zero-order chi connectivity index (χ0) is 17.0. The van der Waals surface area contributed by atoms with Crippen molar-refractivity contribution < 1.29 is 9.09 Å². The molecule has 1 aromatic carbocycles. The summed E-state index contributed by atoms with van der Waals surface area (Å²) in [6, 6.07) is 10.3. The topological polar surface area (TPSA) is 107 Å². The predicted octanol–water partition coefficient (Wildman–Crippen LogP) is 2.86. The molecule has 8 nitrogen and oxygen atoms in total. The molecule has 0 spiro atoms. The molecule has 2 N–H and O–H groups in total. The predicted molar refractivity (Wildman–Crippen MR) is 89.8 cm³/mol. The Hall–Kier alpha value is -2.83. The lowest BCUT2D eigenvalue weighted by atomic mass is 10.2. The molecule has 9 heteroatoms. The Morgan fingerprint density at radius 2 is 1.38 bits per heavy atom. The Morgan fingerprint density at radius 3 is 1.83 bits per heavy atom. The number of aromatic nitrogens is 4. The van der Waals surface area contributed by atoms with Crippen LogP contribution in [-0.2, 0) is 4.57 Å². The van der Waals surface area contributed by atoms with Gasteiger partial charge in [0.05, 0.1) is 0 Å². The zero-order valence-corrected chi connectivity index (χ0v) is 13.7. The summed E-state index contributed by atoms with van der Waals surface area (Å²) in [5, 5.41) is 0. The highest BCUT2D eigenvalue weighted by molar-refractivity contribution is 7.59. The maximum absolute atomic E-state index is 13.1. The molecular weight excluding hydrogens is 327 g/mol. The number of nitrogens with two attached hydrogens (primary N) is 1. The number of rotatable bonds is 5. The Morgan fingerprint density at radius 1 is 0.917 bits per heavy atom. The van der Waals surface area contributed by atoms with Gasteiger partial charge >= 0.3 is 7.67 Å². The van der Waals surface area contributed by atoms with Crippen molar-refractivity contribution in [2.24, 2.45) is 5.50 Å². The van der Waals surface area contributed by atoms with Crippen LogP contribution in [0.5, 0.6) is 5.75 Å². The third-order valence-corrected chi connectivity index (χ3v) is 4.41. The molecule has 1 unspecified atom stereocenters. The first kappa shape index (κ1) is 16.0. The molecule has 0 saturated heterocycles. The molecule has 24 heavy (non-hydrogen) atoms. The van der Waals surface area contributed by atoms with Crippen LogP contribution in [0.1, 0.15) is 5.56 Å². The summed E-state index contributed by atoms with van der Waals surface area (Å²) in [7, 11) is -3.90. The van der Waals surface area contributed by atoms with E-state index in [1.165, 1.54) is 24.8 Å². The zero-order valence-electron chi connectivity index (χ0n) is 12.9. The SMILES string of the molecule is Cc1ccc(OP(N)(=O)N(c2ncccn2)c2ncccn2)cc1. The summed E-state index contributed by atoms with van der Waals surface area (Å²) in [5.74, 6) is 0.534. The Labute approximate surface area is 138 Å². The van der Waals surface area contributed by atoms with Gasteiger partial charge in [-0.25, -0.2) is 30.0 Å². The van der Waals surface area contributed by atoms with Crippen LogP contribution >= 0.6 is 7.67 Å². The van der Waals surface area contributed by atoms with Gasteiger partial charge in [0.25, 0.3) is 0 Å². The molecule has 3 rings (SSSR count). The van der Waals surface area contributed by atoms with Crippen molar-refractivity contribution in [3.05, 3.63) is 66.7 Å². The summed E-state index contributed by atoms with van der Waals surface area (Å²) < 4.78 is 19.7. The van der Waals surface area contributed by atoms with Gasteiger partial charge in [-0.1, -0.05) is 17.7 Å². The fourth-order valence-corrected chi connectivity index (χ4v) is 3.14. The monoisotopic (exact) mass is 342 g/mol. The smallest absolute Gasteiger partial charge is 0.418 e. The molecule has 0 aliphatic rings. The van der Waals surface area contributed by atoms with Crippen molar-refractivity contribution in [3.63, 3.8) is 0 Å². The third-order valence-electron chi connectivity index (χ3n) is 3.02. The van der Waals surface area contributed by atoms with E-state index in [1.807, 2.05) is 19.1 Å². The minimum Gasteiger partial charge on any atom is -0.418 e. The second-order valence-corrected chi connectivity index (χ2v) is 6.59. The molecule has 0 bridgehead atoms. The summed E-state index contributed by atoms with van der Waals surface area (Å²) in [4.78, 5) is 16.3. The van der Waals surface area contributed by atoms with Gasteiger partial charge in [0, 0.05) is 24.8 Å². The minimum atomic E-state index is -3.90. The lowest BCUT2D eigenvalue weighted by molar-refractivity contribution is 0.481. The van der Waals surface area contributed by atoms with Crippen molar-refractivity contribution in [1.82, 2.24) is 19.9 Å². The number of hydrogen-bond donors (Lipinski definition) is 1. The van der Waals surface area contributed by atoms with Gasteiger partial charge in [0.1, 0.15) is 5.75 Å². The van der Waals surface area contributed by atoms with E-state index in [-0.39, 0.29) is 11.9 Å². The van der Waals surface area contributed by atoms with Gasteiger partial charge in [-0.05, 0) is 31.2 Å². The summed E-state index contributed by atoms with van der Waals surface area (Å²) in [6.07, 6.45) is 6.02. The van der Waals surface area contributed by atoms with Gasteiger partial charge in [-0.15, -0.1) is 0 Å². The number of anilines is 2. The number of benzene rings is 1. The van der Waals surface area contributed by atoms with E-state index in [4.69, 9.17) is 10.0 Å². The average molecular weight is 342 g/mol. The van der Waals surface area contributed by atoms with Crippen molar-refractivity contribution in [3.8, 4) is 5.75 Å². The van der Waals surface area contributed by atoms with Crippen LogP contribution in [0.15, 0.2) is 61.2 Å². The van der Waals surface area contributed by atoms with Crippen molar-refractivity contribution in [1.29, 1.82) is 0 Å². The largest absolute Gasteiger partial charge is 0.426 e. The van der Waals surface area contributed by atoms with E-state index in [0.29, 0.717) is 5.75 Å². The summed E-state index contributed by atoms with van der Waals surface area (Å²) in [6.45, 7) is 1.94. The highest BCUT2D eigenvalue weighted by Crippen LogP contribution is 2.48. The molecule has 0 fully saturated rings. The van der Waals surface area contributed by atoms with Crippen LogP contribution < -0.4 is 14.7 Å². The molecule has 2 aromatic heterocycles. The number of nitrogens with zero attached hydrogens (tertiary/aromatic N) is 5. The molecule has 0 radical (unpaired) electrons. The first-order valence-electron chi connectivity index (χ1n) is 7.06. The lowest BCUT2D eigenvalue weighted by Crippen LogP contribution is -2.25. The summed E-state index contributed by atoms with van der Waals surface area (Å²) in [5.41, 5.74) is 7.04. The molecule has 2 heterocycles. The molecule has 0 saturated carbocycles. The number of aryl methyl sites for hydroxylation is 1. The second-order valence-electron chi connectivity index (χ2n) is 4.88. The molecule has 0 aliphatic carbocycles. The Kier molecular flexibility index (Phi) is 4.50. The molecule has 0 amide bonds. The van der Waals surface area contributed by atoms with Crippen molar-refractivity contribution in [2.75, 3.05) is 4.67 Å².